The normalized spacial score (nSPS) is 11.3. The molecule has 4 heteroatoms. The molecule has 0 aliphatic heterocycles. The molecule has 1 aromatic carbocycles. The second-order valence-electron chi connectivity index (χ2n) is 4.81. The Labute approximate surface area is 141 Å². The van der Waals surface area contributed by atoms with Gasteiger partial charge in [-0.1, -0.05) is 30.2 Å². The van der Waals surface area contributed by atoms with Crippen LogP contribution in [0.3, 0.4) is 0 Å². The number of rotatable bonds is 5. The fourth-order valence-electron chi connectivity index (χ4n) is 2.00. The number of para-hydroxylation sites is 1. The molecule has 0 fully saturated rings. The molecular formula is C19H21N2OS+. The van der Waals surface area contributed by atoms with Crippen LogP contribution in [-0.2, 0) is 6.42 Å². The van der Waals surface area contributed by atoms with Gasteiger partial charge in [0.2, 0.25) is 0 Å². The Hall–Kier alpha value is -2.35. The molecule has 23 heavy (non-hydrogen) atoms. The minimum Gasteiger partial charge on any atom is -0.494 e. The third-order valence-corrected chi connectivity index (χ3v) is 3.85. The summed E-state index contributed by atoms with van der Waals surface area (Å²) in [6.07, 6.45) is 6.62. The number of nitrogens with zero attached hydrogens (tertiary/aromatic N) is 1. The van der Waals surface area contributed by atoms with E-state index in [-0.39, 0.29) is 0 Å². The van der Waals surface area contributed by atoms with Crippen LogP contribution in [0.4, 0.5) is 0 Å². The lowest BCUT2D eigenvalue weighted by Gasteiger charge is -2.07. The number of hydrogen-bond acceptors (Lipinski definition) is 3. The lowest BCUT2D eigenvalue weighted by Crippen LogP contribution is -2.39. The molecule has 0 radical (unpaired) electrons. The molecule has 0 saturated heterocycles. The van der Waals surface area contributed by atoms with Crippen molar-refractivity contribution >= 4 is 11.3 Å². The monoisotopic (exact) mass is 325 g/mol. The molecular weight excluding hydrogens is 304 g/mol. The highest BCUT2D eigenvalue weighted by Crippen LogP contribution is 2.18. The minimum absolute atomic E-state index is 0.670. The molecule has 2 aromatic rings. The maximum Gasteiger partial charge on any atom is 0.124 e. The smallest absolute Gasteiger partial charge is 0.124 e. The van der Waals surface area contributed by atoms with E-state index >= 15 is 0 Å². The molecule has 0 amide bonds. The first-order valence-electron chi connectivity index (χ1n) is 7.53. The van der Waals surface area contributed by atoms with Crippen LogP contribution in [-0.4, -0.2) is 11.6 Å². The van der Waals surface area contributed by atoms with Crippen LogP contribution in [0.15, 0.2) is 53.6 Å². The molecule has 0 aliphatic rings. The maximum atomic E-state index is 5.63. The first-order valence-corrected chi connectivity index (χ1v) is 8.41. The van der Waals surface area contributed by atoms with E-state index in [4.69, 9.17) is 4.74 Å². The summed E-state index contributed by atoms with van der Waals surface area (Å²) in [6, 6.07) is 8.08. The number of thiazole rings is 1. The lowest BCUT2D eigenvalue weighted by molar-refractivity contribution is -0.275. The molecule has 118 valence electrons. The fraction of sp³-hybridized carbons (Fsp3) is 0.211. The predicted octanol–water partition coefficient (Wildman–Crippen LogP) is 3.13. The Balaban J connectivity index is 2.03. The van der Waals surface area contributed by atoms with E-state index in [1.807, 2.05) is 43.5 Å². The number of aryl methyl sites for hydroxylation is 1. The Morgan fingerprint density at radius 2 is 2.22 bits per heavy atom. The van der Waals surface area contributed by atoms with Crippen LogP contribution in [0, 0.1) is 18.8 Å². The average molecular weight is 325 g/mol. The van der Waals surface area contributed by atoms with Gasteiger partial charge in [0.05, 0.1) is 17.2 Å². The molecule has 0 unspecified atom stereocenters. The van der Waals surface area contributed by atoms with E-state index in [1.165, 1.54) is 0 Å². The summed E-state index contributed by atoms with van der Waals surface area (Å²) in [4.78, 5) is 4.33. The lowest BCUT2D eigenvalue weighted by atomic mass is 10.1. The van der Waals surface area contributed by atoms with E-state index < -0.39 is 0 Å². The van der Waals surface area contributed by atoms with Gasteiger partial charge in [-0.3, -0.25) is 0 Å². The van der Waals surface area contributed by atoms with Crippen LogP contribution in [0.25, 0.3) is 0 Å². The SMILES string of the molecule is CCOc1ccccc1C/C=C\C(C#Cc1csc(C)n1)=C/[NH3+]. The molecule has 2 rings (SSSR count). The highest BCUT2D eigenvalue weighted by molar-refractivity contribution is 7.09. The van der Waals surface area contributed by atoms with Crippen LogP contribution in [0.1, 0.15) is 23.2 Å². The van der Waals surface area contributed by atoms with Crippen molar-refractivity contribution in [2.75, 3.05) is 6.61 Å². The Bertz CT molecular complexity index is 763. The zero-order chi connectivity index (χ0) is 16.5. The highest BCUT2D eigenvalue weighted by atomic mass is 32.1. The van der Waals surface area contributed by atoms with Crippen molar-refractivity contribution in [2.24, 2.45) is 0 Å². The topological polar surface area (TPSA) is 49.8 Å². The molecule has 0 atom stereocenters. The van der Waals surface area contributed by atoms with E-state index in [9.17, 15) is 0 Å². The van der Waals surface area contributed by atoms with Gasteiger partial charge in [0.25, 0.3) is 0 Å². The van der Waals surface area contributed by atoms with E-state index in [2.05, 4.69) is 34.7 Å². The van der Waals surface area contributed by atoms with Crippen molar-refractivity contribution in [2.45, 2.75) is 20.3 Å². The van der Waals surface area contributed by atoms with Crippen LogP contribution in [0.5, 0.6) is 5.75 Å². The molecule has 3 N–H and O–H groups in total. The zero-order valence-corrected chi connectivity index (χ0v) is 14.3. The van der Waals surface area contributed by atoms with Gasteiger partial charge in [-0.15, -0.1) is 11.3 Å². The van der Waals surface area contributed by atoms with E-state index in [1.54, 1.807) is 17.5 Å². The fourth-order valence-corrected chi connectivity index (χ4v) is 2.54. The maximum absolute atomic E-state index is 5.63. The van der Waals surface area contributed by atoms with Gasteiger partial charge in [0.1, 0.15) is 17.6 Å². The summed E-state index contributed by atoms with van der Waals surface area (Å²) in [6.45, 7) is 4.64. The summed E-state index contributed by atoms with van der Waals surface area (Å²) in [5, 5.41) is 2.99. The minimum atomic E-state index is 0.670. The summed E-state index contributed by atoms with van der Waals surface area (Å²) >= 11 is 1.60. The third-order valence-electron chi connectivity index (χ3n) is 3.08. The number of quaternary nitrogens is 1. The summed E-state index contributed by atoms with van der Waals surface area (Å²) < 4.78 is 5.63. The second-order valence-corrected chi connectivity index (χ2v) is 5.87. The van der Waals surface area contributed by atoms with Gasteiger partial charge in [0, 0.05) is 5.38 Å². The average Bonchev–Trinajstić information content (AvgIpc) is 2.98. The Morgan fingerprint density at radius 1 is 1.39 bits per heavy atom. The van der Waals surface area contributed by atoms with Crippen LogP contribution < -0.4 is 10.5 Å². The molecule has 0 bridgehead atoms. The van der Waals surface area contributed by atoms with Crippen molar-refractivity contribution in [1.29, 1.82) is 0 Å². The third kappa shape index (κ3) is 5.41. The number of aromatic nitrogens is 1. The Kier molecular flexibility index (Phi) is 6.61. The first kappa shape index (κ1) is 17.0. The largest absolute Gasteiger partial charge is 0.494 e. The van der Waals surface area contributed by atoms with E-state index in [0.29, 0.717) is 6.61 Å². The van der Waals surface area contributed by atoms with Gasteiger partial charge in [-0.2, -0.15) is 0 Å². The molecule has 3 nitrogen and oxygen atoms in total. The number of ether oxygens (including phenoxy) is 1. The van der Waals surface area contributed by atoms with Crippen LogP contribution >= 0.6 is 11.3 Å². The number of benzene rings is 1. The predicted molar refractivity (Wildman–Crippen MR) is 95.2 cm³/mol. The standard InChI is InChI=1S/C19H20N2OS/c1-3-22-19-10-5-4-8-17(19)9-6-7-16(13-20)11-12-18-14-23-15(2)21-18/h4-8,10,13-14H,3,9,20H2,1-2H3/p+1/b7-6-,16-13+. The Morgan fingerprint density at radius 3 is 2.91 bits per heavy atom. The van der Waals surface area contributed by atoms with Gasteiger partial charge in [0.15, 0.2) is 0 Å². The van der Waals surface area contributed by atoms with Crippen molar-refractivity contribution in [3.05, 3.63) is 69.8 Å². The highest BCUT2D eigenvalue weighted by Gasteiger charge is 2.00. The number of hydrogen-bond donors (Lipinski definition) is 1. The summed E-state index contributed by atoms with van der Waals surface area (Å²) in [5.74, 6) is 7.10. The van der Waals surface area contributed by atoms with Crippen molar-refractivity contribution in [3.8, 4) is 17.6 Å². The van der Waals surface area contributed by atoms with Crippen molar-refractivity contribution in [3.63, 3.8) is 0 Å². The summed E-state index contributed by atoms with van der Waals surface area (Å²) in [7, 11) is 0. The van der Waals surface area contributed by atoms with Crippen LogP contribution in [0.2, 0.25) is 0 Å². The molecule has 1 heterocycles. The quantitative estimate of drug-likeness (QED) is 0.678. The van der Waals surface area contributed by atoms with Crippen molar-refractivity contribution in [1.82, 2.24) is 4.98 Å². The van der Waals surface area contributed by atoms with Gasteiger partial charge in [-0.05, 0) is 43.9 Å². The van der Waals surface area contributed by atoms with Gasteiger partial charge < -0.3 is 10.5 Å². The molecule has 1 aromatic heterocycles. The molecule has 0 aliphatic carbocycles. The first-order chi connectivity index (χ1) is 11.2. The van der Waals surface area contributed by atoms with Gasteiger partial charge in [-0.25, -0.2) is 4.98 Å². The number of allylic oxidation sites excluding steroid dienone is 3. The van der Waals surface area contributed by atoms with E-state index in [0.717, 1.165) is 34.0 Å². The van der Waals surface area contributed by atoms with Crippen molar-refractivity contribution < 1.29 is 10.5 Å². The van der Waals surface area contributed by atoms with Gasteiger partial charge >= 0.3 is 0 Å². The molecule has 0 spiro atoms. The molecule has 0 saturated carbocycles. The summed E-state index contributed by atoms with van der Waals surface area (Å²) in [5.41, 5.74) is 6.67. The zero-order valence-electron chi connectivity index (χ0n) is 13.5. The second kappa shape index (κ2) is 8.94.